The van der Waals surface area contributed by atoms with Gasteiger partial charge < -0.3 is 15.0 Å². The number of hydrogen-bond acceptors (Lipinski definition) is 2. The molecule has 2 rings (SSSR count). The van der Waals surface area contributed by atoms with Crippen LogP contribution in [0.1, 0.15) is 13.8 Å². The summed E-state index contributed by atoms with van der Waals surface area (Å²) in [4.78, 5) is 2.09. The zero-order valence-electron chi connectivity index (χ0n) is 10.8. The van der Waals surface area contributed by atoms with Gasteiger partial charge in [0.25, 0.3) is 0 Å². The minimum atomic E-state index is 0.165. The number of nitrogens with one attached hydrogen (secondary N) is 1. The molecule has 0 aliphatic carbocycles. The number of ether oxygens (including phenoxy) is 1. The van der Waals surface area contributed by atoms with E-state index < -0.39 is 0 Å². The number of hydrogen-bond donors (Lipinski definition) is 1. The Balaban J connectivity index is 2.06. The van der Waals surface area contributed by atoms with Gasteiger partial charge in [0, 0.05) is 18.1 Å². The lowest BCUT2D eigenvalue weighted by Gasteiger charge is -2.37. The van der Waals surface area contributed by atoms with Crippen LogP contribution in [-0.2, 0) is 4.74 Å². The highest BCUT2D eigenvalue weighted by Crippen LogP contribution is 2.26. The third-order valence-electron chi connectivity index (χ3n) is 2.88. The molecule has 1 aromatic rings. The average molecular weight is 319 g/mol. The third kappa shape index (κ3) is 3.96. The van der Waals surface area contributed by atoms with Crippen LogP contribution in [0.25, 0.3) is 0 Å². The fraction of sp³-hybridized carbons (Fsp3) is 0.462. The predicted octanol–water partition coefficient (Wildman–Crippen LogP) is 3.80. The number of nitrogens with zero attached hydrogens (tertiary/aromatic N) is 1. The zero-order valence-corrected chi connectivity index (χ0v) is 13.1. The van der Waals surface area contributed by atoms with Crippen molar-refractivity contribution in [2.24, 2.45) is 0 Å². The highest BCUT2D eigenvalue weighted by atomic mass is 35.5. The largest absolute Gasteiger partial charge is 0.372 e. The van der Waals surface area contributed by atoms with Crippen molar-refractivity contribution in [1.82, 2.24) is 4.90 Å². The number of halogens is 2. The summed E-state index contributed by atoms with van der Waals surface area (Å²) in [5, 5.41) is 5.01. The molecule has 0 unspecified atom stereocenters. The van der Waals surface area contributed by atoms with Crippen molar-refractivity contribution in [2.75, 3.05) is 18.4 Å². The van der Waals surface area contributed by atoms with Crippen LogP contribution < -0.4 is 5.32 Å². The second-order valence-electron chi connectivity index (χ2n) is 4.72. The van der Waals surface area contributed by atoms with Crippen LogP contribution >= 0.6 is 35.4 Å². The SMILES string of the molecule is C[C@@H]1CN(C(=S)Nc2cc(Cl)ccc2Cl)C[C@H](C)O1. The quantitative estimate of drug-likeness (QED) is 0.796. The molecule has 0 aromatic heterocycles. The molecule has 1 aliphatic rings. The average Bonchev–Trinajstić information content (AvgIpc) is 2.32. The molecule has 1 aliphatic heterocycles. The molecule has 1 fully saturated rings. The molecule has 19 heavy (non-hydrogen) atoms. The van der Waals surface area contributed by atoms with Crippen LogP contribution in [0.3, 0.4) is 0 Å². The molecule has 6 heteroatoms. The first-order valence-electron chi connectivity index (χ1n) is 6.12. The van der Waals surface area contributed by atoms with Crippen molar-refractivity contribution in [2.45, 2.75) is 26.1 Å². The predicted molar refractivity (Wildman–Crippen MR) is 84.3 cm³/mol. The van der Waals surface area contributed by atoms with Crippen molar-refractivity contribution in [3.63, 3.8) is 0 Å². The maximum atomic E-state index is 6.11. The Kier molecular flexibility index (Phi) is 4.90. The molecule has 0 bridgehead atoms. The highest BCUT2D eigenvalue weighted by Gasteiger charge is 2.24. The first kappa shape index (κ1) is 14.9. The van der Waals surface area contributed by atoms with Gasteiger partial charge in [-0.3, -0.25) is 0 Å². The van der Waals surface area contributed by atoms with Gasteiger partial charge in [0.15, 0.2) is 5.11 Å². The summed E-state index contributed by atoms with van der Waals surface area (Å²) in [5.74, 6) is 0. The van der Waals surface area contributed by atoms with Gasteiger partial charge in [-0.15, -0.1) is 0 Å². The Morgan fingerprint density at radius 3 is 2.58 bits per heavy atom. The van der Waals surface area contributed by atoms with E-state index in [1.165, 1.54) is 0 Å². The van der Waals surface area contributed by atoms with Gasteiger partial charge in [-0.25, -0.2) is 0 Å². The van der Waals surface area contributed by atoms with E-state index in [1.54, 1.807) is 18.2 Å². The summed E-state index contributed by atoms with van der Waals surface area (Å²) in [6.07, 6.45) is 0.330. The van der Waals surface area contributed by atoms with Gasteiger partial charge in [-0.2, -0.15) is 0 Å². The number of rotatable bonds is 1. The van der Waals surface area contributed by atoms with Gasteiger partial charge in [0.05, 0.1) is 22.9 Å². The molecule has 1 aromatic carbocycles. The molecule has 1 N–H and O–H groups in total. The van der Waals surface area contributed by atoms with E-state index in [2.05, 4.69) is 10.2 Å². The van der Waals surface area contributed by atoms with E-state index in [1.807, 2.05) is 13.8 Å². The Hall–Kier alpha value is -0.550. The van der Waals surface area contributed by atoms with Crippen LogP contribution in [-0.4, -0.2) is 35.3 Å². The Labute approximate surface area is 128 Å². The first-order valence-corrected chi connectivity index (χ1v) is 7.28. The molecule has 1 saturated heterocycles. The van der Waals surface area contributed by atoms with Crippen LogP contribution in [0.2, 0.25) is 10.0 Å². The minimum absolute atomic E-state index is 0.165. The Morgan fingerprint density at radius 2 is 1.95 bits per heavy atom. The third-order valence-corrected chi connectivity index (χ3v) is 3.80. The van der Waals surface area contributed by atoms with E-state index in [-0.39, 0.29) is 12.2 Å². The van der Waals surface area contributed by atoms with Crippen LogP contribution in [0.4, 0.5) is 5.69 Å². The smallest absolute Gasteiger partial charge is 0.173 e. The van der Waals surface area contributed by atoms with E-state index in [4.69, 9.17) is 40.2 Å². The van der Waals surface area contributed by atoms with Crippen molar-refractivity contribution in [3.05, 3.63) is 28.2 Å². The lowest BCUT2D eigenvalue weighted by molar-refractivity contribution is -0.0473. The number of anilines is 1. The topological polar surface area (TPSA) is 24.5 Å². The summed E-state index contributed by atoms with van der Waals surface area (Å²) in [6.45, 7) is 5.62. The monoisotopic (exact) mass is 318 g/mol. The summed E-state index contributed by atoms with van der Waals surface area (Å²) in [5.41, 5.74) is 0.728. The van der Waals surface area contributed by atoms with Gasteiger partial charge in [-0.05, 0) is 44.3 Å². The molecule has 1 heterocycles. The van der Waals surface area contributed by atoms with Crippen molar-refractivity contribution >= 4 is 46.2 Å². The lowest BCUT2D eigenvalue weighted by atomic mass is 10.2. The molecule has 0 saturated carbocycles. The fourth-order valence-corrected chi connectivity index (χ4v) is 2.73. The standard InChI is InChI=1S/C13H16Cl2N2OS/c1-8-6-17(7-9(2)18-8)13(19)16-12-5-10(14)3-4-11(12)15/h3-5,8-9H,6-7H2,1-2H3,(H,16,19)/t8-,9+. The molecule has 0 radical (unpaired) electrons. The van der Waals surface area contributed by atoms with Gasteiger partial charge in [-0.1, -0.05) is 23.2 Å². The van der Waals surface area contributed by atoms with Gasteiger partial charge >= 0.3 is 0 Å². The van der Waals surface area contributed by atoms with Crippen LogP contribution in [0, 0.1) is 0 Å². The first-order chi connectivity index (χ1) is 8.95. The molecule has 3 nitrogen and oxygen atoms in total. The number of morpholine rings is 1. The van der Waals surface area contributed by atoms with Crippen molar-refractivity contribution < 1.29 is 4.74 Å². The summed E-state index contributed by atoms with van der Waals surface area (Å²) in [7, 11) is 0. The summed E-state index contributed by atoms with van der Waals surface area (Å²) < 4.78 is 5.68. The van der Waals surface area contributed by atoms with Gasteiger partial charge in [0.2, 0.25) is 0 Å². The summed E-state index contributed by atoms with van der Waals surface area (Å²) in [6, 6.07) is 5.26. The number of thiocarbonyl (C=S) groups is 1. The molecular weight excluding hydrogens is 303 g/mol. The second kappa shape index (κ2) is 6.27. The summed E-state index contributed by atoms with van der Waals surface area (Å²) >= 11 is 17.5. The second-order valence-corrected chi connectivity index (χ2v) is 5.95. The van der Waals surface area contributed by atoms with Gasteiger partial charge in [0.1, 0.15) is 0 Å². The van der Waals surface area contributed by atoms with E-state index in [9.17, 15) is 0 Å². The minimum Gasteiger partial charge on any atom is -0.372 e. The molecule has 2 atom stereocenters. The van der Waals surface area contributed by atoms with Crippen molar-refractivity contribution in [3.8, 4) is 0 Å². The molecule has 0 amide bonds. The maximum absolute atomic E-state index is 6.11. The zero-order chi connectivity index (χ0) is 14.0. The van der Waals surface area contributed by atoms with Crippen LogP contribution in [0.15, 0.2) is 18.2 Å². The van der Waals surface area contributed by atoms with Crippen molar-refractivity contribution in [1.29, 1.82) is 0 Å². The maximum Gasteiger partial charge on any atom is 0.173 e. The Bertz CT molecular complexity index is 474. The normalized spacial score (nSPS) is 23.3. The van der Waals surface area contributed by atoms with E-state index in [0.717, 1.165) is 18.8 Å². The Morgan fingerprint density at radius 1 is 1.32 bits per heavy atom. The van der Waals surface area contributed by atoms with E-state index >= 15 is 0 Å². The molecule has 0 spiro atoms. The van der Waals surface area contributed by atoms with E-state index in [0.29, 0.717) is 15.2 Å². The highest BCUT2D eigenvalue weighted by molar-refractivity contribution is 7.80. The lowest BCUT2D eigenvalue weighted by Crippen LogP contribution is -2.49. The fourth-order valence-electron chi connectivity index (χ4n) is 2.13. The number of benzene rings is 1. The molecular formula is C13H16Cl2N2OS. The molecule has 104 valence electrons. The van der Waals surface area contributed by atoms with Crippen LogP contribution in [0.5, 0.6) is 0 Å².